The summed E-state index contributed by atoms with van der Waals surface area (Å²) < 4.78 is 17.2. The molecule has 2 fully saturated rings. The Morgan fingerprint density at radius 1 is 1.14 bits per heavy atom. The Labute approximate surface area is 157 Å². The molecule has 3 heterocycles. The molecule has 28 heavy (non-hydrogen) atoms. The highest BCUT2D eigenvalue weighted by molar-refractivity contribution is 5.51. The van der Waals surface area contributed by atoms with Gasteiger partial charge in [-0.05, 0) is 0 Å². The molecule has 0 unspecified atom stereocenters. The third-order valence-electron chi connectivity index (χ3n) is 4.60. The van der Waals surface area contributed by atoms with Gasteiger partial charge >= 0.3 is 5.69 Å². The van der Waals surface area contributed by atoms with E-state index in [0.29, 0.717) is 0 Å². The van der Waals surface area contributed by atoms with Crippen molar-refractivity contribution < 1.29 is 34.6 Å². The number of ether oxygens (including phenoxy) is 3. The summed E-state index contributed by atoms with van der Waals surface area (Å²) in [6.07, 6.45) is -7.67. The number of nitrogens with two attached hydrogens (primary N) is 1. The van der Waals surface area contributed by atoms with E-state index in [1.165, 1.54) is 0 Å². The molecule has 0 amide bonds. The molecule has 3 rings (SSSR count). The predicted molar refractivity (Wildman–Crippen MR) is 91.4 cm³/mol. The van der Waals surface area contributed by atoms with Crippen molar-refractivity contribution in [3.8, 4) is 0 Å². The standard InChI is InChI=1S/C15H22N4O9/c16-5-17-3-6-9(21)12(24)14(28-6)26-4-7-10(22)11(23)13(27-7)19-2-1-8(20)18-15(19)25/h1-2,5-7,9-14,21-24H,3-4H2,(H2,16,17)(H,18,20,25)/t6-,7-,9-,10-,11-,12-,13-,14-/m1/s1. The first-order valence-electron chi connectivity index (χ1n) is 8.49. The fourth-order valence-corrected chi connectivity index (χ4v) is 3.08. The van der Waals surface area contributed by atoms with Crippen molar-refractivity contribution in [1.29, 1.82) is 0 Å². The summed E-state index contributed by atoms with van der Waals surface area (Å²) in [5.41, 5.74) is 3.71. The quantitative estimate of drug-likeness (QED) is 0.199. The molecule has 13 heteroatoms. The van der Waals surface area contributed by atoms with Gasteiger partial charge in [0.25, 0.3) is 5.56 Å². The first kappa shape index (κ1) is 20.6. The Morgan fingerprint density at radius 2 is 1.86 bits per heavy atom. The molecular weight excluding hydrogens is 380 g/mol. The van der Waals surface area contributed by atoms with Crippen LogP contribution >= 0.6 is 0 Å². The van der Waals surface area contributed by atoms with Crippen LogP contribution in [0.3, 0.4) is 0 Å². The minimum Gasteiger partial charge on any atom is -0.390 e. The van der Waals surface area contributed by atoms with Gasteiger partial charge in [0.2, 0.25) is 0 Å². The van der Waals surface area contributed by atoms with Crippen LogP contribution < -0.4 is 17.0 Å². The van der Waals surface area contributed by atoms with Crippen LogP contribution in [0.15, 0.2) is 26.8 Å². The number of aliphatic hydroxyl groups is 4. The van der Waals surface area contributed by atoms with Crippen molar-refractivity contribution in [3.05, 3.63) is 33.1 Å². The lowest BCUT2D eigenvalue weighted by molar-refractivity contribution is -0.187. The van der Waals surface area contributed by atoms with E-state index >= 15 is 0 Å². The molecule has 2 aliphatic heterocycles. The highest BCUT2D eigenvalue weighted by atomic mass is 16.7. The van der Waals surface area contributed by atoms with Crippen LogP contribution in [0.25, 0.3) is 0 Å². The number of hydrogen-bond acceptors (Lipinski definition) is 10. The lowest BCUT2D eigenvalue weighted by Gasteiger charge is -2.20. The Kier molecular flexibility index (Phi) is 6.24. The molecule has 0 aromatic carbocycles. The Hall–Kier alpha value is -2.13. The van der Waals surface area contributed by atoms with E-state index in [2.05, 4.69) is 4.99 Å². The number of aromatic nitrogens is 2. The molecule has 13 nitrogen and oxygen atoms in total. The predicted octanol–water partition coefficient (Wildman–Crippen LogP) is -4.39. The van der Waals surface area contributed by atoms with Crippen LogP contribution in [0.1, 0.15) is 6.23 Å². The summed E-state index contributed by atoms with van der Waals surface area (Å²) in [5, 5.41) is 40.3. The number of H-pyrrole nitrogens is 1. The number of aliphatic imine (C=N–C) groups is 1. The Bertz CT molecular complexity index is 811. The van der Waals surface area contributed by atoms with Crippen molar-refractivity contribution in [2.45, 2.75) is 49.1 Å². The molecular formula is C15H22N4O9. The molecule has 0 spiro atoms. The fraction of sp³-hybridized carbons (Fsp3) is 0.667. The van der Waals surface area contributed by atoms with Crippen LogP contribution in [-0.2, 0) is 14.2 Å². The third-order valence-corrected chi connectivity index (χ3v) is 4.60. The maximum Gasteiger partial charge on any atom is 0.330 e. The summed E-state index contributed by atoms with van der Waals surface area (Å²) in [4.78, 5) is 28.8. The van der Waals surface area contributed by atoms with Crippen molar-refractivity contribution in [2.24, 2.45) is 10.7 Å². The van der Waals surface area contributed by atoms with Crippen molar-refractivity contribution in [1.82, 2.24) is 9.55 Å². The van der Waals surface area contributed by atoms with Crippen molar-refractivity contribution >= 4 is 6.34 Å². The maximum absolute atomic E-state index is 11.9. The number of nitrogens with zero attached hydrogens (tertiary/aromatic N) is 2. The minimum atomic E-state index is -1.47. The van der Waals surface area contributed by atoms with E-state index in [9.17, 15) is 30.0 Å². The first-order valence-corrected chi connectivity index (χ1v) is 8.49. The Morgan fingerprint density at radius 3 is 2.54 bits per heavy atom. The maximum atomic E-state index is 11.9. The minimum absolute atomic E-state index is 0.0209. The van der Waals surface area contributed by atoms with Gasteiger partial charge in [-0.2, -0.15) is 0 Å². The van der Waals surface area contributed by atoms with Crippen molar-refractivity contribution in [2.75, 3.05) is 13.2 Å². The molecule has 8 atom stereocenters. The highest BCUT2D eigenvalue weighted by Crippen LogP contribution is 2.30. The zero-order valence-corrected chi connectivity index (χ0v) is 14.6. The third kappa shape index (κ3) is 4.00. The molecule has 0 aliphatic carbocycles. The van der Waals surface area contributed by atoms with Gasteiger partial charge in [0, 0.05) is 12.3 Å². The van der Waals surface area contributed by atoms with Gasteiger partial charge in [0.1, 0.15) is 36.6 Å². The second-order valence-corrected chi connectivity index (χ2v) is 6.44. The largest absolute Gasteiger partial charge is 0.390 e. The van der Waals surface area contributed by atoms with Gasteiger partial charge in [0.15, 0.2) is 12.5 Å². The van der Waals surface area contributed by atoms with Gasteiger partial charge in [0.05, 0.1) is 19.5 Å². The zero-order valence-electron chi connectivity index (χ0n) is 14.6. The van der Waals surface area contributed by atoms with E-state index in [-0.39, 0.29) is 13.2 Å². The van der Waals surface area contributed by atoms with E-state index < -0.39 is 60.4 Å². The van der Waals surface area contributed by atoms with Crippen LogP contribution in [0.4, 0.5) is 0 Å². The number of aromatic amines is 1. The fourth-order valence-electron chi connectivity index (χ4n) is 3.08. The SMILES string of the molecule is NC=NC[C@H]1O[C@@H](OC[C@H]2O[C@@H](n3ccc(=O)[nH]c3=O)[C@H](O)[C@@H]2O)[C@H](O)[C@@H]1O. The molecule has 2 saturated heterocycles. The van der Waals surface area contributed by atoms with E-state index in [1.54, 1.807) is 0 Å². The topological polar surface area (TPSA) is 202 Å². The van der Waals surface area contributed by atoms with Gasteiger partial charge in [-0.3, -0.25) is 19.3 Å². The number of aliphatic hydroxyl groups excluding tert-OH is 4. The average Bonchev–Trinajstić information content (AvgIpc) is 3.09. The van der Waals surface area contributed by atoms with Crippen LogP contribution in [0, 0.1) is 0 Å². The van der Waals surface area contributed by atoms with E-state index in [1.807, 2.05) is 4.98 Å². The van der Waals surface area contributed by atoms with Crippen LogP contribution in [0.5, 0.6) is 0 Å². The van der Waals surface area contributed by atoms with Gasteiger partial charge in [-0.1, -0.05) is 0 Å². The number of nitrogens with one attached hydrogen (secondary N) is 1. The molecule has 156 valence electrons. The average molecular weight is 402 g/mol. The molecule has 1 aromatic rings. The summed E-state index contributed by atoms with van der Waals surface area (Å²) >= 11 is 0. The molecule has 0 bridgehead atoms. The summed E-state index contributed by atoms with van der Waals surface area (Å²) in [5.74, 6) is 0. The second-order valence-electron chi connectivity index (χ2n) is 6.44. The normalized spacial score (nSPS) is 38.4. The van der Waals surface area contributed by atoms with Crippen LogP contribution in [-0.4, -0.2) is 92.4 Å². The summed E-state index contributed by atoms with van der Waals surface area (Å²) in [6, 6.07) is 1.07. The molecule has 1 aromatic heterocycles. The molecule has 2 aliphatic rings. The van der Waals surface area contributed by atoms with Crippen LogP contribution in [0.2, 0.25) is 0 Å². The van der Waals surface area contributed by atoms with Gasteiger partial charge in [-0.25, -0.2) is 4.79 Å². The highest BCUT2D eigenvalue weighted by Gasteiger charge is 2.47. The number of hydrogen-bond donors (Lipinski definition) is 6. The van der Waals surface area contributed by atoms with Crippen molar-refractivity contribution in [3.63, 3.8) is 0 Å². The lowest BCUT2D eigenvalue weighted by atomic mass is 10.1. The molecule has 0 saturated carbocycles. The smallest absolute Gasteiger partial charge is 0.330 e. The van der Waals surface area contributed by atoms with Gasteiger partial charge < -0.3 is 40.4 Å². The molecule has 0 radical (unpaired) electrons. The Balaban J connectivity index is 1.62. The van der Waals surface area contributed by atoms with E-state index in [0.717, 1.165) is 23.2 Å². The first-order chi connectivity index (χ1) is 13.3. The summed E-state index contributed by atoms with van der Waals surface area (Å²) in [7, 11) is 0. The van der Waals surface area contributed by atoms with Gasteiger partial charge in [-0.15, -0.1) is 0 Å². The monoisotopic (exact) mass is 402 g/mol. The number of rotatable bonds is 6. The van der Waals surface area contributed by atoms with E-state index in [4.69, 9.17) is 19.9 Å². The lowest BCUT2D eigenvalue weighted by Crippen LogP contribution is -2.38. The molecule has 7 N–H and O–H groups in total. The zero-order chi connectivity index (χ0) is 20.4. The second kappa shape index (κ2) is 8.48. The summed E-state index contributed by atoms with van der Waals surface area (Å²) in [6.45, 7) is -0.290.